The molecule has 0 heterocycles. The molecule has 2 heteroatoms. The summed E-state index contributed by atoms with van der Waals surface area (Å²) in [7, 11) is 0. The molecule has 0 spiro atoms. The molecule has 0 N–H and O–H groups in total. The monoisotopic (exact) mass is 223 g/mol. The maximum Gasteiger partial charge on any atom is 0.145 e. The van der Waals surface area contributed by atoms with Gasteiger partial charge in [-0.25, -0.2) is 0 Å². The fourth-order valence-electron chi connectivity index (χ4n) is 1.67. The Morgan fingerprint density at radius 1 is 1.06 bits per heavy atom. The fourth-order valence-corrected chi connectivity index (χ4v) is 1.67. The number of rotatable bonds is 2. The third-order valence-corrected chi connectivity index (χ3v) is 2.56. The molecule has 0 atom stereocenters. The molecule has 2 nitrogen and oxygen atoms in total. The van der Waals surface area contributed by atoms with Crippen molar-refractivity contribution in [2.75, 3.05) is 0 Å². The van der Waals surface area contributed by atoms with E-state index >= 15 is 0 Å². The highest BCUT2D eigenvalue weighted by molar-refractivity contribution is 5.50. The third kappa shape index (κ3) is 2.46. The minimum atomic E-state index is 0.592. The molecule has 0 saturated heterocycles. The minimum absolute atomic E-state index is 0.592. The summed E-state index contributed by atoms with van der Waals surface area (Å²) < 4.78 is 5.74. The van der Waals surface area contributed by atoms with Gasteiger partial charge in [-0.15, -0.1) is 0 Å². The van der Waals surface area contributed by atoms with Gasteiger partial charge in [-0.2, -0.15) is 5.26 Å². The summed E-state index contributed by atoms with van der Waals surface area (Å²) in [4.78, 5) is 0. The van der Waals surface area contributed by atoms with Crippen LogP contribution < -0.4 is 4.74 Å². The Morgan fingerprint density at radius 2 is 1.82 bits per heavy atom. The zero-order valence-corrected chi connectivity index (χ0v) is 9.90. The topological polar surface area (TPSA) is 33.0 Å². The van der Waals surface area contributed by atoms with Crippen molar-refractivity contribution in [3.63, 3.8) is 0 Å². The first-order valence-electron chi connectivity index (χ1n) is 5.45. The zero-order valence-electron chi connectivity index (χ0n) is 9.90. The molecule has 2 aromatic rings. The number of benzene rings is 2. The molecule has 0 amide bonds. The van der Waals surface area contributed by atoms with Crippen molar-refractivity contribution in [1.82, 2.24) is 0 Å². The highest BCUT2D eigenvalue weighted by atomic mass is 16.5. The van der Waals surface area contributed by atoms with E-state index in [1.807, 2.05) is 56.3 Å². The third-order valence-electron chi connectivity index (χ3n) is 2.56. The van der Waals surface area contributed by atoms with Crippen molar-refractivity contribution < 1.29 is 4.74 Å². The van der Waals surface area contributed by atoms with Crippen LogP contribution in [0.15, 0.2) is 42.5 Å². The van der Waals surface area contributed by atoms with Gasteiger partial charge in [0.25, 0.3) is 0 Å². The summed E-state index contributed by atoms with van der Waals surface area (Å²) >= 11 is 0. The van der Waals surface area contributed by atoms with Gasteiger partial charge in [0.2, 0.25) is 0 Å². The van der Waals surface area contributed by atoms with Crippen molar-refractivity contribution in [2.24, 2.45) is 0 Å². The Kier molecular flexibility index (Phi) is 3.11. The van der Waals surface area contributed by atoms with Gasteiger partial charge in [0.15, 0.2) is 0 Å². The standard InChI is InChI=1S/C15H13NO/c1-11-5-3-7-13(9-11)17-15-8-4-6-12(2)14(15)10-16/h3-9H,1-2H3. The first kappa shape index (κ1) is 11.2. The molecule has 0 aliphatic carbocycles. The summed E-state index contributed by atoms with van der Waals surface area (Å²) in [6.07, 6.45) is 0. The summed E-state index contributed by atoms with van der Waals surface area (Å²) in [5.74, 6) is 1.37. The van der Waals surface area contributed by atoms with Gasteiger partial charge in [-0.05, 0) is 43.2 Å². The molecule has 0 bridgehead atoms. The smallest absolute Gasteiger partial charge is 0.145 e. The van der Waals surface area contributed by atoms with E-state index < -0.39 is 0 Å². The lowest BCUT2D eigenvalue weighted by Crippen LogP contribution is -1.91. The van der Waals surface area contributed by atoms with Gasteiger partial charge in [0.05, 0.1) is 5.56 Å². The number of hydrogen-bond acceptors (Lipinski definition) is 2. The Balaban J connectivity index is 2.37. The molecule has 0 fully saturated rings. The normalized spacial score (nSPS) is 9.71. The van der Waals surface area contributed by atoms with Crippen LogP contribution in [-0.4, -0.2) is 0 Å². The van der Waals surface area contributed by atoms with E-state index in [2.05, 4.69) is 6.07 Å². The van der Waals surface area contributed by atoms with E-state index in [-0.39, 0.29) is 0 Å². The summed E-state index contributed by atoms with van der Waals surface area (Å²) in [6.45, 7) is 3.91. The Morgan fingerprint density at radius 3 is 2.53 bits per heavy atom. The largest absolute Gasteiger partial charge is 0.456 e. The van der Waals surface area contributed by atoms with Crippen LogP contribution in [0.4, 0.5) is 0 Å². The van der Waals surface area contributed by atoms with Crippen LogP contribution in [0.1, 0.15) is 16.7 Å². The zero-order chi connectivity index (χ0) is 12.3. The maximum absolute atomic E-state index is 9.10. The molecule has 2 aromatic carbocycles. The summed E-state index contributed by atoms with van der Waals surface area (Å²) in [5.41, 5.74) is 2.65. The predicted octanol–water partition coefficient (Wildman–Crippen LogP) is 3.97. The van der Waals surface area contributed by atoms with Gasteiger partial charge in [-0.1, -0.05) is 24.3 Å². The first-order chi connectivity index (χ1) is 8.20. The Hall–Kier alpha value is -2.27. The molecule has 0 aliphatic heterocycles. The van der Waals surface area contributed by atoms with E-state index in [4.69, 9.17) is 10.00 Å². The highest BCUT2D eigenvalue weighted by Gasteiger charge is 2.06. The highest BCUT2D eigenvalue weighted by Crippen LogP contribution is 2.27. The molecule has 0 aromatic heterocycles. The lowest BCUT2D eigenvalue weighted by atomic mass is 10.1. The molecule has 2 rings (SSSR count). The van der Waals surface area contributed by atoms with E-state index in [9.17, 15) is 0 Å². The summed E-state index contributed by atoms with van der Waals surface area (Å²) in [5, 5.41) is 9.10. The van der Waals surface area contributed by atoms with E-state index in [0.717, 1.165) is 16.9 Å². The van der Waals surface area contributed by atoms with Crippen molar-refractivity contribution in [2.45, 2.75) is 13.8 Å². The molecular weight excluding hydrogens is 210 g/mol. The fraction of sp³-hybridized carbons (Fsp3) is 0.133. The Labute approximate surface area is 101 Å². The average molecular weight is 223 g/mol. The molecule has 84 valence electrons. The number of hydrogen-bond donors (Lipinski definition) is 0. The van der Waals surface area contributed by atoms with Gasteiger partial charge < -0.3 is 4.74 Å². The quantitative estimate of drug-likeness (QED) is 0.771. The van der Waals surface area contributed by atoms with E-state index in [1.54, 1.807) is 0 Å². The Bertz CT molecular complexity index is 582. The van der Waals surface area contributed by atoms with Crippen LogP contribution in [-0.2, 0) is 0 Å². The predicted molar refractivity (Wildman–Crippen MR) is 67.1 cm³/mol. The molecule has 0 radical (unpaired) electrons. The van der Waals surface area contributed by atoms with Gasteiger partial charge in [0.1, 0.15) is 17.6 Å². The van der Waals surface area contributed by atoms with Crippen molar-refractivity contribution in [3.8, 4) is 17.6 Å². The molecule has 0 saturated carbocycles. The molecule has 17 heavy (non-hydrogen) atoms. The molecule has 0 aliphatic rings. The van der Waals surface area contributed by atoms with Crippen LogP contribution in [0.25, 0.3) is 0 Å². The number of ether oxygens (including phenoxy) is 1. The SMILES string of the molecule is Cc1cccc(Oc2cccc(C)c2C#N)c1. The second-order valence-corrected chi connectivity index (χ2v) is 3.98. The van der Waals surface area contributed by atoms with Crippen molar-refractivity contribution >= 4 is 0 Å². The van der Waals surface area contributed by atoms with Gasteiger partial charge in [-0.3, -0.25) is 0 Å². The van der Waals surface area contributed by atoms with Gasteiger partial charge in [0, 0.05) is 0 Å². The average Bonchev–Trinajstić information content (AvgIpc) is 2.29. The van der Waals surface area contributed by atoms with Crippen LogP contribution >= 0.6 is 0 Å². The van der Waals surface area contributed by atoms with Crippen molar-refractivity contribution in [3.05, 3.63) is 59.2 Å². The second-order valence-electron chi connectivity index (χ2n) is 3.98. The number of nitrogens with zero attached hydrogens (tertiary/aromatic N) is 1. The molecular formula is C15H13NO. The lowest BCUT2D eigenvalue weighted by molar-refractivity contribution is 0.480. The van der Waals surface area contributed by atoms with Crippen LogP contribution in [0, 0.1) is 25.2 Å². The van der Waals surface area contributed by atoms with Crippen LogP contribution in [0.5, 0.6) is 11.5 Å². The first-order valence-corrected chi connectivity index (χ1v) is 5.45. The number of aryl methyl sites for hydroxylation is 2. The van der Waals surface area contributed by atoms with E-state index in [1.165, 1.54) is 0 Å². The maximum atomic E-state index is 9.10. The van der Waals surface area contributed by atoms with Crippen LogP contribution in [0.3, 0.4) is 0 Å². The minimum Gasteiger partial charge on any atom is -0.456 e. The number of nitriles is 1. The van der Waals surface area contributed by atoms with Crippen molar-refractivity contribution in [1.29, 1.82) is 5.26 Å². The van der Waals surface area contributed by atoms with E-state index in [0.29, 0.717) is 11.3 Å². The molecule has 0 unspecified atom stereocenters. The second kappa shape index (κ2) is 4.71. The summed E-state index contributed by atoms with van der Waals surface area (Å²) in [6, 6.07) is 15.6. The van der Waals surface area contributed by atoms with Crippen LogP contribution in [0.2, 0.25) is 0 Å². The lowest BCUT2D eigenvalue weighted by Gasteiger charge is -2.09. The van der Waals surface area contributed by atoms with Gasteiger partial charge >= 0.3 is 0 Å².